The number of thiol groups is 1. The number of rotatable bonds is 2. The van der Waals surface area contributed by atoms with E-state index in [2.05, 4.69) is 38.6 Å². The number of nitrogens with zero attached hydrogens (tertiary/aromatic N) is 3. The molecule has 0 fully saturated rings. The molecule has 9 nitrogen and oxygen atoms in total. The highest BCUT2D eigenvalue weighted by Gasteiger charge is 1.97. The predicted octanol–water partition coefficient (Wildman–Crippen LogP) is -0.183. The van der Waals surface area contributed by atoms with E-state index in [1.54, 1.807) is 0 Å². The topological polar surface area (TPSA) is 143 Å². The predicted molar refractivity (Wildman–Crippen MR) is 82.5 cm³/mol. The van der Waals surface area contributed by atoms with Crippen molar-refractivity contribution in [3.05, 3.63) is 12.7 Å². The summed E-state index contributed by atoms with van der Waals surface area (Å²) < 4.78 is 4.97. The Morgan fingerprint density at radius 1 is 1.40 bits per heavy atom. The number of anilines is 1. The van der Waals surface area contributed by atoms with Gasteiger partial charge in [0.15, 0.2) is 0 Å². The second-order valence-electron chi connectivity index (χ2n) is 2.15. The first-order valence-electron chi connectivity index (χ1n) is 4.99. The Morgan fingerprint density at radius 3 is 2.15 bits per heavy atom. The highest BCUT2D eigenvalue weighted by molar-refractivity contribution is 7.96. The molecule has 11 heteroatoms. The molecule has 0 atom stereocenters. The molecule has 1 aromatic heterocycles. The fraction of sp³-hybridized carbons (Fsp3) is 0.444. The van der Waals surface area contributed by atoms with Crippen LogP contribution in [0.3, 0.4) is 0 Å². The number of thiocarbonyl (C=S) groups is 1. The van der Waals surface area contributed by atoms with Crippen molar-refractivity contribution in [3.8, 4) is 0 Å². The Kier molecular flexibility index (Phi) is 23.3. The monoisotopic (exact) mass is 325 g/mol. The molecule has 0 saturated carbocycles. The van der Waals surface area contributed by atoms with Crippen molar-refractivity contribution in [2.24, 2.45) is 5.73 Å². The molecule has 20 heavy (non-hydrogen) atoms. The summed E-state index contributed by atoms with van der Waals surface area (Å²) in [4.78, 5) is 20.3. The Bertz CT molecular complexity index is 338. The highest BCUT2D eigenvalue weighted by atomic mass is 32.1. The highest BCUT2D eigenvalue weighted by Crippen LogP contribution is 1.93. The van der Waals surface area contributed by atoms with Crippen molar-refractivity contribution < 1.29 is 19.7 Å². The lowest BCUT2D eigenvalue weighted by atomic mass is 10.8. The van der Waals surface area contributed by atoms with Crippen LogP contribution in [0.25, 0.3) is 0 Å². The molecule has 0 aliphatic rings. The van der Waals surface area contributed by atoms with E-state index in [0.29, 0.717) is 12.6 Å². The molecular weight excluding hydrogens is 306 g/mol. The van der Waals surface area contributed by atoms with Crippen LogP contribution in [0.5, 0.6) is 0 Å². The van der Waals surface area contributed by atoms with Gasteiger partial charge in [-0.3, -0.25) is 10.1 Å². The van der Waals surface area contributed by atoms with E-state index >= 15 is 0 Å². The molecule has 0 saturated heterocycles. The third kappa shape index (κ3) is 21.7. The Balaban J connectivity index is -0.000000306. The van der Waals surface area contributed by atoms with E-state index in [4.69, 9.17) is 32.0 Å². The number of aliphatic hydroxyl groups is 2. The second kappa shape index (κ2) is 19.8. The number of aromatic nitrogens is 3. The normalized spacial score (nSPS) is 7.30. The van der Waals surface area contributed by atoms with E-state index in [1.807, 2.05) is 6.92 Å². The molecular formula is C9H19N5O4S2. The molecule has 0 aliphatic heterocycles. The fourth-order valence-electron chi connectivity index (χ4n) is 0.562. The second-order valence-corrected chi connectivity index (χ2v) is 2.96. The maximum atomic E-state index is 9.09. The molecule has 1 amide bonds. The zero-order chi connectivity index (χ0) is 16.4. The van der Waals surface area contributed by atoms with E-state index in [1.165, 1.54) is 12.7 Å². The molecule has 1 aromatic rings. The zero-order valence-electron chi connectivity index (χ0n) is 11.3. The number of amides is 1. The van der Waals surface area contributed by atoms with Crippen molar-refractivity contribution in [2.75, 3.05) is 26.1 Å². The number of carbonyl (C=O) groups excluding carboxylic acids is 1. The number of aliphatic hydroxyl groups excluding tert-OH is 2. The Morgan fingerprint density at radius 2 is 1.80 bits per heavy atom. The van der Waals surface area contributed by atoms with Crippen molar-refractivity contribution in [3.63, 3.8) is 0 Å². The molecule has 5 N–H and O–H groups in total. The van der Waals surface area contributed by atoms with Crippen LogP contribution < -0.4 is 11.1 Å². The quantitative estimate of drug-likeness (QED) is 0.369. The largest absolute Gasteiger partial charge is 0.471 e. The van der Waals surface area contributed by atoms with Crippen molar-refractivity contribution in [1.29, 1.82) is 0 Å². The molecule has 0 unspecified atom stereocenters. The summed E-state index contributed by atoms with van der Waals surface area (Å²) in [6.45, 7) is 2.37. The SMILES string of the molecule is CCOC(=S)Nc1ncncn1.CO.CO.NC(=O)S. The van der Waals surface area contributed by atoms with Gasteiger partial charge >= 0.3 is 0 Å². The third-order valence-electron chi connectivity index (χ3n) is 0.983. The molecule has 1 rings (SSSR count). The van der Waals surface area contributed by atoms with Crippen LogP contribution in [0.15, 0.2) is 12.7 Å². The smallest absolute Gasteiger partial charge is 0.273 e. The van der Waals surface area contributed by atoms with Gasteiger partial charge in [-0.2, -0.15) is 0 Å². The van der Waals surface area contributed by atoms with Gasteiger partial charge in [-0.1, -0.05) is 12.6 Å². The third-order valence-corrected chi connectivity index (χ3v) is 1.20. The summed E-state index contributed by atoms with van der Waals surface area (Å²) in [5, 5.41) is 16.3. The molecule has 116 valence electrons. The summed E-state index contributed by atoms with van der Waals surface area (Å²) in [5.74, 6) is 0.392. The van der Waals surface area contributed by atoms with E-state index < -0.39 is 5.24 Å². The maximum absolute atomic E-state index is 9.09. The number of hydrogen-bond acceptors (Lipinski definition) is 8. The fourth-order valence-corrected chi connectivity index (χ4v) is 0.771. The van der Waals surface area contributed by atoms with Gasteiger partial charge in [-0.05, 0) is 19.1 Å². The van der Waals surface area contributed by atoms with Crippen LogP contribution in [0.4, 0.5) is 10.7 Å². The van der Waals surface area contributed by atoms with Crippen LogP contribution in [-0.4, -0.2) is 56.4 Å². The first kappa shape index (κ1) is 23.5. The number of nitrogens with two attached hydrogens (primary N) is 1. The van der Waals surface area contributed by atoms with Crippen LogP contribution >= 0.6 is 24.8 Å². The molecule has 0 aromatic carbocycles. The van der Waals surface area contributed by atoms with Crippen molar-refractivity contribution in [2.45, 2.75) is 6.92 Å². The first-order valence-corrected chi connectivity index (χ1v) is 5.85. The molecule has 0 bridgehead atoms. The number of hydrogen-bond donors (Lipinski definition) is 5. The summed E-state index contributed by atoms with van der Waals surface area (Å²) in [5.41, 5.74) is 4.34. The van der Waals surface area contributed by atoms with E-state index in [-0.39, 0.29) is 5.17 Å². The molecule has 0 spiro atoms. The van der Waals surface area contributed by atoms with Gasteiger partial charge in [0, 0.05) is 14.2 Å². The van der Waals surface area contributed by atoms with Crippen LogP contribution in [-0.2, 0) is 4.74 Å². The van der Waals surface area contributed by atoms with Gasteiger partial charge in [0.1, 0.15) is 12.7 Å². The van der Waals surface area contributed by atoms with Crippen LogP contribution in [0.2, 0.25) is 0 Å². The molecule has 1 heterocycles. The minimum Gasteiger partial charge on any atom is -0.471 e. The average molecular weight is 325 g/mol. The van der Waals surface area contributed by atoms with Gasteiger partial charge < -0.3 is 20.7 Å². The first-order chi connectivity index (χ1) is 9.56. The summed E-state index contributed by atoms with van der Waals surface area (Å²) in [7, 11) is 2.00. The lowest BCUT2D eigenvalue weighted by Gasteiger charge is -2.04. The Labute approximate surface area is 128 Å². The van der Waals surface area contributed by atoms with Crippen molar-refractivity contribution in [1.82, 2.24) is 15.0 Å². The minimum absolute atomic E-state index is 0.267. The maximum Gasteiger partial charge on any atom is 0.273 e. The van der Waals surface area contributed by atoms with Crippen molar-refractivity contribution >= 4 is 41.2 Å². The number of nitrogens with one attached hydrogen (secondary N) is 1. The number of primary amides is 1. The average Bonchev–Trinajstić information content (AvgIpc) is 2.44. The lowest BCUT2D eigenvalue weighted by molar-refractivity contribution is 0.267. The summed E-state index contributed by atoms with van der Waals surface area (Å²) >= 11 is 7.91. The standard InChI is InChI=1S/C6H8N4OS.CH3NOS.2CH4O/c1-2-11-6(12)10-5-8-3-7-4-9-5;2-1(3)4;2*1-2/h3-4H,2H2,1H3,(H,7,8,9,10,12);(H3,2,3,4);2*2H,1H3. The summed E-state index contributed by atoms with van der Waals surface area (Å²) in [6, 6.07) is 0. The van der Waals surface area contributed by atoms with Gasteiger partial charge in [0.25, 0.3) is 10.4 Å². The summed E-state index contributed by atoms with van der Waals surface area (Å²) in [6.07, 6.45) is 2.76. The van der Waals surface area contributed by atoms with Gasteiger partial charge in [-0.15, -0.1) is 0 Å². The van der Waals surface area contributed by atoms with Gasteiger partial charge in [0.05, 0.1) is 6.61 Å². The van der Waals surface area contributed by atoms with E-state index in [9.17, 15) is 0 Å². The minimum atomic E-state index is -0.639. The van der Waals surface area contributed by atoms with Gasteiger partial charge in [0.2, 0.25) is 5.95 Å². The van der Waals surface area contributed by atoms with Crippen LogP contribution in [0, 0.1) is 0 Å². The lowest BCUT2D eigenvalue weighted by Crippen LogP contribution is -2.14. The molecule has 0 radical (unpaired) electrons. The molecule has 0 aliphatic carbocycles. The Hall–Kier alpha value is -1.56. The number of carbonyl (C=O) groups is 1. The van der Waals surface area contributed by atoms with E-state index in [0.717, 1.165) is 14.2 Å². The van der Waals surface area contributed by atoms with Crippen LogP contribution in [0.1, 0.15) is 6.92 Å². The number of ether oxygens (including phenoxy) is 1. The van der Waals surface area contributed by atoms with Gasteiger partial charge in [-0.25, -0.2) is 15.0 Å². The zero-order valence-corrected chi connectivity index (χ0v) is 13.1.